The molecule has 0 bridgehead atoms. The van der Waals surface area contributed by atoms with E-state index in [1.807, 2.05) is 0 Å². The van der Waals surface area contributed by atoms with E-state index in [0.29, 0.717) is 19.3 Å². The molecule has 2 unspecified atom stereocenters. The Balaban J connectivity index is 3.15. The number of ether oxygens (including phenoxy) is 1. The van der Waals surface area contributed by atoms with Crippen LogP contribution in [0.5, 0.6) is 0 Å². The van der Waals surface area contributed by atoms with E-state index in [2.05, 4.69) is 5.92 Å². The molecule has 1 fully saturated rings. The number of esters is 1. The molecule has 0 amide bonds. The summed E-state index contributed by atoms with van der Waals surface area (Å²) in [7, 11) is 0. The molecule has 0 aliphatic heterocycles. The van der Waals surface area contributed by atoms with Gasteiger partial charge in [0.1, 0.15) is 17.0 Å². The van der Waals surface area contributed by atoms with Crippen LogP contribution in [0.25, 0.3) is 0 Å². The summed E-state index contributed by atoms with van der Waals surface area (Å²) in [5.74, 6) is 1.28. The smallest absolute Gasteiger partial charge is 0.320 e. The van der Waals surface area contributed by atoms with Crippen molar-refractivity contribution in [3.8, 4) is 12.3 Å². The SMILES string of the molecule is C#CCC(C(C)=O)(C(=O)OCC)C1CCCC(=O)C1. The van der Waals surface area contributed by atoms with Gasteiger partial charge in [-0.2, -0.15) is 0 Å². The number of carbonyl (C=O) groups is 3. The molecule has 2 atom stereocenters. The zero-order chi connectivity index (χ0) is 14.5. The second kappa shape index (κ2) is 6.51. The summed E-state index contributed by atoms with van der Waals surface area (Å²) in [5, 5.41) is 0. The summed E-state index contributed by atoms with van der Waals surface area (Å²) >= 11 is 0. The fraction of sp³-hybridized carbons (Fsp3) is 0.667. The van der Waals surface area contributed by atoms with E-state index in [-0.39, 0.29) is 36.9 Å². The van der Waals surface area contributed by atoms with Crippen LogP contribution in [0.4, 0.5) is 0 Å². The van der Waals surface area contributed by atoms with Crippen LogP contribution in [0.15, 0.2) is 0 Å². The topological polar surface area (TPSA) is 60.4 Å². The standard InChI is InChI=1S/C15H20O4/c1-4-9-15(11(3)16,14(18)19-5-2)12-7-6-8-13(17)10-12/h1,12H,5-10H2,2-3H3. The minimum absolute atomic E-state index is 0.000880. The van der Waals surface area contributed by atoms with Crippen LogP contribution in [0.3, 0.4) is 0 Å². The zero-order valence-corrected chi connectivity index (χ0v) is 11.5. The van der Waals surface area contributed by atoms with Gasteiger partial charge in [0.15, 0.2) is 0 Å². The van der Waals surface area contributed by atoms with Crippen LogP contribution in [0.1, 0.15) is 46.0 Å². The van der Waals surface area contributed by atoms with Crippen molar-refractivity contribution in [3.05, 3.63) is 0 Å². The molecule has 1 aliphatic carbocycles. The summed E-state index contributed by atoms with van der Waals surface area (Å²) in [6.45, 7) is 3.23. The lowest BCUT2D eigenvalue weighted by Crippen LogP contribution is -2.47. The van der Waals surface area contributed by atoms with Crippen LogP contribution in [-0.2, 0) is 19.1 Å². The first-order valence-corrected chi connectivity index (χ1v) is 6.62. The molecule has 0 aromatic carbocycles. The zero-order valence-electron chi connectivity index (χ0n) is 11.5. The van der Waals surface area contributed by atoms with Crippen molar-refractivity contribution in [1.82, 2.24) is 0 Å². The first kappa shape index (κ1) is 15.4. The van der Waals surface area contributed by atoms with Crippen LogP contribution in [-0.4, -0.2) is 24.1 Å². The van der Waals surface area contributed by atoms with Gasteiger partial charge in [-0.25, -0.2) is 0 Å². The van der Waals surface area contributed by atoms with Gasteiger partial charge in [-0.05, 0) is 32.6 Å². The molecule has 104 valence electrons. The van der Waals surface area contributed by atoms with Crippen LogP contribution in [0, 0.1) is 23.7 Å². The molecular formula is C15H20O4. The minimum Gasteiger partial charge on any atom is -0.465 e. The molecule has 0 saturated heterocycles. The maximum atomic E-state index is 12.3. The molecule has 0 radical (unpaired) electrons. The number of carbonyl (C=O) groups excluding carboxylic acids is 3. The molecule has 4 heteroatoms. The summed E-state index contributed by atoms with van der Waals surface area (Å²) in [5.41, 5.74) is -1.35. The van der Waals surface area contributed by atoms with Gasteiger partial charge < -0.3 is 4.74 Å². The highest BCUT2D eigenvalue weighted by Gasteiger charge is 2.51. The fourth-order valence-electron chi connectivity index (χ4n) is 2.80. The van der Waals surface area contributed by atoms with Crippen LogP contribution in [0.2, 0.25) is 0 Å². The Morgan fingerprint density at radius 2 is 2.21 bits per heavy atom. The molecule has 1 rings (SSSR count). The van der Waals surface area contributed by atoms with Gasteiger partial charge in [0.2, 0.25) is 0 Å². The minimum atomic E-state index is -1.35. The first-order valence-electron chi connectivity index (χ1n) is 6.62. The van der Waals surface area contributed by atoms with E-state index in [4.69, 9.17) is 11.2 Å². The third-order valence-electron chi connectivity index (χ3n) is 3.83. The lowest BCUT2D eigenvalue weighted by Gasteiger charge is -2.36. The number of Topliss-reactive ketones (excluding diaryl/α,β-unsaturated/α-hetero) is 2. The molecule has 0 aromatic heterocycles. The second-order valence-electron chi connectivity index (χ2n) is 4.96. The van der Waals surface area contributed by atoms with Gasteiger partial charge >= 0.3 is 5.97 Å². The third-order valence-corrected chi connectivity index (χ3v) is 3.83. The third kappa shape index (κ3) is 3.04. The monoisotopic (exact) mass is 264 g/mol. The molecule has 0 aromatic rings. The van der Waals surface area contributed by atoms with E-state index in [1.54, 1.807) is 6.92 Å². The molecule has 1 aliphatic rings. The first-order chi connectivity index (χ1) is 8.98. The van der Waals surface area contributed by atoms with Crippen molar-refractivity contribution in [1.29, 1.82) is 0 Å². The molecular weight excluding hydrogens is 244 g/mol. The van der Waals surface area contributed by atoms with Crippen molar-refractivity contribution < 1.29 is 19.1 Å². The summed E-state index contributed by atoms with van der Waals surface area (Å²) in [6, 6.07) is 0. The number of ketones is 2. The number of rotatable bonds is 5. The maximum absolute atomic E-state index is 12.3. The maximum Gasteiger partial charge on any atom is 0.320 e. The predicted octanol–water partition coefficient (Wildman–Crippen LogP) is 1.91. The van der Waals surface area contributed by atoms with Crippen molar-refractivity contribution in [2.24, 2.45) is 11.3 Å². The molecule has 4 nitrogen and oxygen atoms in total. The molecule has 0 heterocycles. The second-order valence-corrected chi connectivity index (χ2v) is 4.96. The largest absolute Gasteiger partial charge is 0.465 e. The summed E-state index contributed by atoms with van der Waals surface area (Å²) in [4.78, 5) is 35.9. The molecule has 0 spiro atoms. The van der Waals surface area contributed by atoms with Crippen molar-refractivity contribution in [2.45, 2.75) is 46.0 Å². The molecule has 0 N–H and O–H groups in total. The van der Waals surface area contributed by atoms with Gasteiger partial charge in [-0.1, -0.05) is 0 Å². The van der Waals surface area contributed by atoms with E-state index in [0.717, 1.165) is 0 Å². The average molecular weight is 264 g/mol. The highest BCUT2D eigenvalue weighted by Crippen LogP contribution is 2.42. The van der Waals surface area contributed by atoms with Gasteiger partial charge in [0.05, 0.1) is 6.61 Å². The van der Waals surface area contributed by atoms with Crippen molar-refractivity contribution >= 4 is 17.5 Å². The van der Waals surface area contributed by atoms with Crippen molar-refractivity contribution in [2.75, 3.05) is 6.61 Å². The Morgan fingerprint density at radius 3 is 2.68 bits per heavy atom. The average Bonchev–Trinajstić information content (AvgIpc) is 2.35. The Labute approximate surface area is 113 Å². The molecule has 19 heavy (non-hydrogen) atoms. The predicted molar refractivity (Wildman–Crippen MR) is 70.2 cm³/mol. The highest BCUT2D eigenvalue weighted by molar-refractivity contribution is 6.04. The van der Waals surface area contributed by atoms with Gasteiger partial charge in [0.25, 0.3) is 0 Å². The molecule has 1 saturated carbocycles. The Bertz CT molecular complexity index is 418. The van der Waals surface area contributed by atoms with E-state index in [1.165, 1.54) is 6.92 Å². The summed E-state index contributed by atoms with van der Waals surface area (Å²) < 4.78 is 5.04. The fourth-order valence-corrected chi connectivity index (χ4v) is 2.80. The normalized spacial score (nSPS) is 22.2. The van der Waals surface area contributed by atoms with E-state index >= 15 is 0 Å². The Kier molecular flexibility index (Phi) is 5.29. The van der Waals surface area contributed by atoms with Gasteiger partial charge in [-0.3, -0.25) is 14.4 Å². The quantitative estimate of drug-likeness (QED) is 0.432. The van der Waals surface area contributed by atoms with Crippen LogP contribution < -0.4 is 0 Å². The van der Waals surface area contributed by atoms with E-state index in [9.17, 15) is 14.4 Å². The van der Waals surface area contributed by atoms with Gasteiger partial charge in [0, 0.05) is 19.3 Å². The van der Waals surface area contributed by atoms with Crippen LogP contribution >= 0.6 is 0 Å². The highest BCUT2D eigenvalue weighted by atomic mass is 16.5. The lowest BCUT2D eigenvalue weighted by molar-refractivity contribution is -0.164. The Hall–Kier alpha value is -1.63. The number of hydrogen-bond acceptors (Lipinski definition) is 4. The van der Waals surface area contributed by atoms with Gasteiger partial charge in [-0.15, -0.1) is 12.3 Å². The summed E-state index contributed by atoms with van der Waals surface area (Å²) in [6.07, 6.45) is 7.44. The number of hydrogen-bond donors (Lipinski definition) is 0. The van der Waals surface area contributed by atoms with Crippen molar-refractivity contribution in [3.63, 3.8) is 0 Å². The van der Waals surface area contributed by atoms with E-state index < -0.39 is 11.4 Å². The number of terminal acetylenes is 1. The lowest BCUT2D eigenvalue weighted by atomic mass is 9.64. The Morgan fingerprint density at radius 1 is 1.53 bits per heavy atom.